The Bertz CT molecular complexity index is 488. The summed E-state index contributed by atoms with van der Waals surface area (Å²) in [6.45, 7) is 6.43. The van der Waals surface area contributed by atoms with E-state index in [1.165, 1.54) is 0 Å². The Labute approximate surface area is 127 Å². The smallest absolute Gasteiger partial charge is 0.407 e. The highest BCUT2D eigenvalue weighted by atomic mass is 79.9. The minimum atomic E-state index is -0.483. The molecule has 1 aromatic rings. The van der Waals surface area contributed by atoms with E-state index in [9.17, 15) is 4.79 Å². The number of alkyl carbamates (subject to hydrolysis) is 1. The lowest BCUT2D eigenvalue weighted by Crippen LogP contribution is -2.41. The third-order valence-corrected chi connectivity index (χ3v) is 3.73. The molecule has 2 heterocycles. The first-order chi connectivity index (χ1) is 9.37. The molecule has 0 radical (unpaired) electrons. The van der Waals surface area contributed by atoms with Gasteiger partial charge in [-0.2, -0.15) is 0 Å². The minimum absolute atomic E-state index is 0.0172. The Hall–Kier alpha value is -1.14. The molecular formula is C14H20BrN3O2. The quantitative estimate of drug-likeness (QED) is 0.868. The zero-order valence-corrected chi connectivity index (χ0v) is 13.5. The van der Waals surface area contributed by atoms with Crippen molar-refractivity contribution < 1.29 is 9.53 Å². The van der Waals surface area contributed by atoms with E-state index in [1.54, 1.807) is 12.4 Å². The summed E-state index contributed by atoms with van der Waals surface area (Å²) in [5.74, 6) is 0. The fourth-order valence-corrected chi connectivity index (χ4v) is 2.78. The second-order valence-corrected chi connectivity index (χ2v) is 6.72. The summed E-state index contributed by atoms with van der Waals surface area (Å²) in [6, 6.07) is 2.04. The lowest BCUT2D eigenvalue weighted by atomic mass is 10.0. The van der Waals surface area contributed by atoms with Crippen LogP contribution in [0.3, 0.4) is 0 Å². The summed E-state index contributed by atoms with van der Waals surface area (Å²) in [7, 11) is 0. The van der Waals surface area contributed by atoms with Crippen molar-refractivity contribution in [1.29, 1.82) is 0 Å². The number of ether oxygens (including phenoxy) is 1. The van der Waals surface area contributed by atoms with Gasteiger partial charge in [0.05, 0.1) is 12.1 Å². The minimum Gasteiger partial charge on any atom is -0.444 e. The zero-order valence-electron chi connectivity index (χ0n) is 11.9. The SMILES string of the molecule is CC(C)(C)OC(=O)N[C@@H]1CCNC1c1ccncc1Br. The molecule has 0 saturated carbocycles. The molecule has 1 saturated heterocycles. The lowest BCUT2D eigenvalue weighted by Gasteiger charge is -2.25. The van der Waals surface area contributed by atoms with E-state index in [2.05, 4.69) is 31.5 Å². The molecule has 6 heteroatoms. The van der Waals surface area contributed by atoms with Crippen LogP contribution < -0.4 is 10.6 Å². The van der Waals surface area contributed by atoms with Crippen molar-refractivity contribution in [2.75, 3.05) is 6.54 Å². The van der Waals surface area contributed by atoms with Crippen LogP contribution in [0.1, 0.15) is 38.8 Å². The average Bonchev–Trinajstić information content (AvgIpc) is 2.75. The van der Waals surface area contributed by atoms with Crippen LogP contribution in [0.2, 0.25) is 0 Å². The summed E-state index contributed by atoms with van der Waals surface area (Å²) in [4.78, 5) is 16.0. The third-order valence-electron chi connectivity index (χ3n) is 3.06. The predicted molar refractivity (Wildman–Crippen MR) is 80.5 cm³/mol. The standard InChI is InChI=1S/C14H20BrN3O2/c1-14(2,3)20-13(19)18-11-5-7-17-12(11)9-4-6-16-8-10(9)15/h4,6,8,11-12,17H,5,7H2,1-3H3,(H,18,19)/t11-,12?/m1/s1. The average molecular weight is 342 g/mol. The molecule has 0 bridgehead atoms. The highest BCUT2D eigenvalue weighted by molar-refractivity contribution is 9.10. The summed E-state index contributed by atoms with van der Waals surface area (Å²) in [5, 5.41) is 6.35. The largest absolute Gasteiger partial charge is 0.444 e. The Morgan fingerprint density at radius 2 is 2.30 bits per heavy atom. The molecule has 2 rings (SSSR count). The number of amides is 1. The number of aromatic nitrogens is 1. The van der Waals surface area contributed by atoms with E-state index in [0.29, 0.717) is 0 Å². The molecule has 1 amide bonds. The van der Waals surface area contributed by atoms with Gasteiger partial charge in [0.25, 0.3) is 0 Å². The molecule has 1 aliphatic rings. The number of rotatable bonds is 2. The van der Waals surface area contributed by atoms with Crippen LogP contribution in [0.25, 0.3) is 0 Å². The number of hydrogen-bond acceptors (Lipinski definition) is 4. The van der Waals surface area contributed by atoms with Gasteiger partial charge in [0.15, 0.2) is 0 Å². The highest BCUT2D eigenvalue weighted by Gasteiger charge is 2.31. The summed E-state index contributed by atoms with van der Waals surface area (Å²) >= 11 is 3.50. The van der Waals surface area contributed by atoms with Crippen molar-refractivity contribution >= 4 is 22.0 Å². The number of hydrogen-bond donors (Lipinski definition) is 2. The Morgan fingerprint density at radius 3 is 2.95 bits per heavy atom. The third kappa shape index (κ3) is 3.93. The fourth-order valence-electron chi connectivity index (χ4n) is 2.28. The summed E-state index contributed by atoms with van der Waals surface area (Å²) < 4.78 is 6.25. The van der Waals surface area contributed by atoms with Crippen molar-refractivity contribution in [2.24, 2.45) is 0 Å². The number of nitrogens with zero attached hydrogens (tertiary/aromatic N) is 1. The number of pyridine rings is 1. The molecule has 0 aromatic carbocycles. The van der Waals surface area contributed by atoms with E-state index in [1.807, 2.05) is 26.8 Å². The molecule has 1 fully saturated rings. The molecule has 1 aromatic heterocycles. The van der Waals surface area contributed by atoms with Crippen LogP contribution >= 0.6 is 15.9 Å². The number of carbonyl (C=O) groups excluding carboxylic acids is 1. The first kappa shape index (κ1) is 15.3. The van der Waals surface area contributed by atoms with Crippen LogP contribution in [0, 0.1) is 0 Å². The van der Waals surface area contributed by atoms with Crippen LogP contribution in [0.5, 0.6) is 0 Å². The van der Waals surface area contributed by atoms with Gasteiger partial charge in [-0.25, -0.2) is 4.79 Å². The van der Waals surface area contributed by atoms with Crippen molar-refractivity contribution in [3.8, 4) is 0 Å². The van der Waals surface area contributed by atoms with Crippen molar-refractivity contribution in [2.45, 2.75) is 44.9 Å². The Balaban J connectivity index is 2.05. The van der Waals surface area contributed by atoms with Crippen LogP contribution in [-0.2, 0) is 4.74 Å². The van der Waals surface area contributed by atoms with Gasteiger partial charge >= 0.3 is 6.09 Å². The monoisotopic (exact) mass is 341 g/mol. The van der Waals surface area contributed by atoms with E-state index < -0.39 is 5.60 Å². The number of nitrogens with one attached hydrogen (secondary N) is 2. The molecule has 0 spiro atoms. The fraction of sp³-hybridized carbons (Fsp3) is 0.571. The van der Waals surface area contributed by atoms with Gasteiger partial charge in [-0.3, -0.25) is 4.98 Å². The van der Waals surface area contributed by atoms with E-state index in [4.69, 9.17) is 4.74 Å². The molecule has 110 valence electrons. The number of halogens is 1. The molecule has 0 aliphatic carbocycles. The first-order valence-corrected chi connectivity index (χ1v) is 7.48. The van der Waals surface area contributed by atoms with Gasteiger partial charge in [0.2, 0.25) is 0 Å². The highest BCUT2D eigenvalue weighted by Crippen LogP contribution is 2.29. The molecule has 2 N–H and O–H groups in total. The van der Waals surface area contributed by atoms with Gasteiger partial charge in [0.1, 0.15) is 5.60 Å². The Kier molecular flexibility index (Phi) is 4.65. The second kappa shape index (κ2) is 6.10. The first-order valence-electron chi connectivity index (χ1n) is 6.69. The van der Waals surface area contributed by atoms with Gasteiger partial charge in [-0.15, -0.1) is 0 Å². The maximum Gasteiger partial charge on any atom is 0.407 e. The topological polar surface area (TPSA) is 63.2 Å². The summed E-state index contributed by atoms with van der Waals surface area (Å²) in [5.41, 5.74) is 0.613. The number of carbonyl (C=O) groups is 1. The van der Waals surface area contributed by atoms with Crippen molar-refractivity contribution in [3.63, 3.8) is 0 Å². The lowest BCUT2D eigenvalue weighted by molar-refractivity contribution is 0.0500. The maximum atomic E-state index is 11.9. The summed E-state index contributed by atoms with van der Waals surface area (Å²) in [6.07, 6.45) is 4.02. The van der Waals surface area contributed by atoms with E-state index in [-0.39, 0.29) is 18.2 Å². The second-order valence-electron chi connectivity index (χ2n) is 5.87. The van der Waals surface area contributed by atoms with E-state index in [0.717, 1.165) is 23.0 Å². The van der Waals surface area contributed by atoms with Gasteiger partial charge < -0.3 is 15.4 Å². The molecule has 1 unspecified atom stereocenters. The zero-order chi connectivity index (χ0) is 14.8. The van der Waals surface area contributed by atoms with Crippen LogP contribution in [-0.4, -0.2) is 29.3 Å². The van der Waals surface area contributed by atoms with Crippen LogP contribution in [0.4, 0.5) is 4.79 Å². The molecule has 2 atom stereocenters. The van der Waals surface area contributed by atoms with Gasteiger partial charge in [-0.05, 0) is 61.3 Å². The van der Waals surface area contributed by atoms with E-state index >= 15 is 0 Å². The van der Waals surface area contributed by atoms with Crippen molar-refractivity contribution in [3.05, 3.63) is 28.5 Å². The molecule has 5 nitrogen and oxygen atoms in total. The van der Waals surface area contributed by atoms with Crippen LogP contribution in [0.15, 0.2) is 22.9 Å². The Morgan fingerprint density at radius 1 is 1.55 bits per heavy atom. The normalized spacial score (nSPS) is 22.6. The van der Waals surface area contributed by atoms with Crippen molar-refractivity contribution in [1.82, 2.24) is 15.6 Å². The molecular weight excluding hydrogens is 322 g/mol. The molecule has 1 aliphatic heterocycles. The molecule has 20 heavy (non-hydrogen) atoms. The van der Waals surface area contributed by atoms with Gasteiger partial charge in [0, 0.05) is 16.9 Å². The predicted octanol–water partition coefficient (Wildman–Crippen LogP) is 2.77. The maximum absolute atomic E-state index is 11.9. The van der Waals surface area contributed by atoms with Gasteiger partial charge in [-0.1, -0.05) is 0 Å².